The molecule has 3 rings (SSSR count). The van der Waals surface area contributed by atoms with E-state index in [9.17, 15) is 0 Å². The molecule has 0 N–H and O–H groups in total. The van der Waals surface area contributed by atoms with Crippen LogP contribution in [0.4, 0.5) is 0 Å². The normalized spacial score (nSPS) is 11.8. The zero-order valence-corrected chi connectivity index (χ0v) is 15.4. The lowest BCUT2D eigenvalue weighted by atomic mass is 10.1. The predicted molar refractivity (Wildman–Crippen MR) is 117 cm³/mol. The molecule has 0 saturated carbocycles. The van der Waals surface area contributed by atoms with E-state index in [1.165, 1.54) is 33.4 Å². The van der Waals surface area contributed by atoms with E-state index in [4.69, 9.17) is 0 Å². The van der Waals surface area contributed by atoms with Crippen LogP contribution >= 0.6 is 0 Å². The average molecular weight is 336 g/mol. The van der Waals surface area contributed by atoms with Crippen molar-refractivity contribution < 1.29 is 0 Å². The molecule has 0 bridgehead atoms. The Balaban J connectivity index is 1.64. The van der Waals surface area contributed by atoms with Crippen LogP contribution in [0, 0.1) is 6.92 Å². The third-order valence-electron chi connectivity index (χ3n) is 4.25. The Morgan fingerprint density at radius 3 is 1.00 bits per heavy atom. The van der Waals surface area contributed by atoms with Crippen LogP contribution in [0.3, 0.4) is 0 Å². The van der Waals surface area contributed by atoms with E-state index in [1.807, 2.05) is 6.92 Å². The van der Waals surface area contributed by atoms with Gasteiger partial charge in [-0.3, -0.25) is 0 Å². The monoisotopic (exact) mass is 336 g/mol. The number of aryl methyl sites for hydroxylation is 1. The van der Waals surface area contributed by atoms with Gasteiger partial charge in [0.2, 0.25) is 0 Å². The summed E-state index contributed by atoms with van der Waals surface area (Å²) in [4.78, 5) is 0. The maximum absolute atomic E-state index is 2.15. The van der Waals surface area contributed by atoms with E-state index >= 15 is 0 Å². The lowest BCUT2D eigenvalue weighted by Crippen LogP contribution is -1.77. The van der Waals surface area contributed by atoms with E-state index in [0.717, 1.165) is 0 Å². The molecule has 0 radical (unpaired) electrons. The van der Waals surface area contributed by atoms with Crippen molar-refractivity contribution in [3.05, 3.63) is 112 Å². The molecule has 0 heteroatoms. The number of hydrogen-bond acceptors (Lipinski definition) is 0. The highest BCUT2D eigenvalue weighted by Crippen LogP contribution is 2.14. The Morgan fingerprint density at radius 1 is 0.423 bits per heavy atom. The highest BCUT2D eigenvalue weighted by atomic mass is 14.0. The minimum Gasteiger partial charge on any atom is -0.0871 e. The van der Waals surface area contributed by atoms with Gasteiger partial charge >= 0.3 is 0 Å². The molecule has 3 aromatic carbocycles. The summed E-state index contributed by atoms with van der Waals surface area (Å²) in [6, 6.07) is 25.7. The highest BCUT2D eigenvalue weighted by molar-refractivity contribution is 5.73. The molecular formula is C26H24. The molecule has 0 nitrogen and oxygen atoms in total. The Kier molecular flexibility index (Phi) is 6.01. The van der Waals surface area contributed by atoms with E-state index in [1.54, 1.807) is 0 Å². The first-order chi connectivity index (χ1) is 12.7. The fourth-order valence-corrected chi connectivity index (χ4v) is 2.69. The third kappa shape index (κ3) is 5.19. The van der Waals surface area contributed by atoms with Crippen LogP contribution in [-0.4, -0.2) is 0 Å². The molecule has 0 saturated heterocycles. The largest absolute Gasteiger partial charge is 0.0871 e. The summed E-state index contributed by atoms with van der Waals surface area (Å²) in [5, 5.41) is 0. The Morgan fingerprint density at radius 2 is 0.692 bits per heavy atom. The first kappa shape index (κ1) is 17.7. The molecule has 0 spiro atoms. The van der Waals surface area contributed by atoms with Crippen molar-refractivity contribution in [2.75, 3.05) is 0 Å². The Bertz CT molecular complexity index is 903. The summed E-state index contributed by atoms with van der Waals surface area (Å²) in [6.45, 7) is 4.14. The van der Waals surface area contributed by atoms with Gasteiger partial charge in [-0.15, -0.1) is 0 Å². The maximum atomic E-state index is 2.15. The topological polar surface area (TPSA) is 0 Å². The van der Waals surface area contributed by atoms with Gasteiger partial charge in [0.15, 0.2) is 0 Å². The first-order valence-electron chi connectivity index (χ1n) is 8.98. The lowest BCUT2D eigenvalue weighted by Gasteiger charge is -1.99. The molecule has 0 aliphatic rings. The highest BCUT2D eigenvalue weighted by Gasteiger charge is 1.92. The van der Waals surface area contributed by atoms with Crippen LogP contribution < -0.4 is 0 Å². The second kappa shape index (κ2) is 8.82. The third-order valence-corrected chi connectivity index (χ3v) is 4.25. The van der Waals surface area contributed by atoms with Gasteiger partial charge in [-0.1, -0.05) is 115 Å². The van der Waals surface area contributed by atoms with Crippen molar-refractivity contribution in [1.82, 2.24) is 0 Å². The summed E-state index contributed by atoms with van der Waals surface area (Å²) >= 11 is 0. The van der Waals surface area contributed by atoms with E-state index < -0.39 is 0 Å². The molecule has 128 valence electrons. The molecule has 0 aliphatic carbocycles. The molecule has 26 heavy (non-hydrogen) atoms. The van der Waals surface area contributed by atoms with Crippen molar-refractivity contribution in [2.24, 2.45) is 0 Å². The second-order valence-electron chi connectivity index (χ2n) is 6.41. The van der Waals surface area contributed by atoms with Crippen LogP contribution in [0.1, 0.15) is 40.3 Å². The van der Waals surface area contributed by atoms with Gasteiger partial charge in [-0.05, 0) is 41.7 Å². The Hall–Kier alpha value is -3.12. The van der Waals surface area contributed by atoms with Crippen LogP contribution in [0.5, 0.6) is 0 Å². The number of hydrogen-bond donors (Lipinski definition) is 0. The molecule has 3 aromatic rings. The summed E-state index contributed by atoms with van der Waals surface area (Å²) in [7, 11) is 0. The summed E-state index contributed by atoms with van der Waals surface area (Å²) in [5.41, 5.74) is 7.36. The molecule has 0 fully saturated rings. The van der Waals surface area contributed by atoms with Gasteiger partial charge in [0.05, 0.1) is 0 Å². The molecule has 0 heterocycles. The van der Waals surface area contributed by atoms with Gasteiger partial charge < -0.3 is 0 Å². The number of benzene rings is 3. The lowest BCUT2D eigenvalue weighted by molar-refractivity contribution is 1.46. The van der Waals surface area contributed by atoms with Crippen molar-refractivity contribution in [3.63, 3.8) is 0 Å². The average Bonchev–Trinajstić information content (AvgIpc) is 2.68. The van der Waals surface area contributed by atoms with Crippen molar-refractivity contribution in [3.8, 4) is 0 Å². The molecule has 0 aliphatic heterocycles. The van der Waals surface area contributed by atoms with Gasteiger partial charge in [-0.25, -0.2) is 0 Å². The quantitative estimate of drug-likeness (QED) is 0.427. The number of rotatable bonds is 5. The van der Waals surface area contributed by atoms with Gasteiger partial charge in [0.1, 0.15) is 0 Å². The molecule has 0 aromatic heterocycles. The van der Waals surface area contributed by atoms with Crippen molar-refractivity contribution in [2.45, 2.75) is 13.8 Å². The smallest absolute Gasteiger partial charge is 0.0256 e. The minimum atomic E-state index is 1.20. The van der Waals surface area contributed by atoms with E-state index in [2.05, 4.69) is 116 Å². The standard InChI is InChI=1S/C26H24/c1-3-4-22-9-11-24(12-10-22)15-16-26-19-17-25(18-20-26)14-13-23-7-5-21(2)6-8-23/h3-20H,1-2H3. The van der Waals surface area contributed by atoms with Crippen LogP contribution in [0.2, 0.25) is 0 Å². The first-order valence-corrected chi connectivity index (χ1v) is 8.98. The zero-order valence-electron chi connectivity index (χ0n) is 15.4. The fraction of sp³-hybridized carbons (Fsp3) is 0.0769. The summed E-state index contributed by atoms with van der Waals surface area (Å²) in [5.74, 6) is 0. The fourth-order valence-electron chi connectivity index (χ4n) is 2.69. The Labute approximate surface area is 156 Å². The van der Waals surface area contributed by atoms with E-state index in [-0.39, 0.29) is 0 Å². The maximum Gasteiger partial charge on any atom is -0.0256 e. The second-order valence-corrected chi connectivity index (χ2v) is 6.41. The van der Waals surface area contributed by atoms with Crippen molar-refractivity contribution in [1.29, 1.82) is 0 Å². The van der Waals surface area contributed by atoms with E-state index in [0.29, 0.717) is 0 Å². The molecule has 0 amide bonds. The van der Waals surface area contributed by atoms with Gasteiger partial charge in [0, 0.05) is 0 Å². The van der Waals surface area contributed by atoms with Crippen LogP contribution in [0.25, 0.3) is 30.4 Å². The zero-order chi connectivity index (χ0) is 18.2. The van der Waals surface area contributed by atoms with Gasteiger partial charge in [-0.2, -0.15) is 0 Å². The van der Waals surface area contributed by atoms with Gasteiger partial charge in [0.25, 0.3) is 0 Å². The molecule has 0 unspecified atom stereocenters. The molecular weight excluding hydrogens is 312 g/mol. The minimum absolute atomic E-state index is 1.20. The van der Waals surface area contributed by atoms with Crippen LogP contribution in [0.15, 0.2) is 78.9 Å². The number of allylic oxidation sites excluding steroid dienone is 1. The predicted octanol–water partition coefficient (Wildman–Crippen LogP) is 7.37. The van der Waals surface area contributed by atoms with Crippen molar-refractivity contribution >= 4 is 30.4 Å². The van der Waals surface area contributed by atoms with Crippen LogP contribution in [-0.2, 0) is 0 Å². The summed E-state index contributed by atoms with van der Waals surface area (Å²) in [6.07, 6.45) is 12.8. The summed E-state index contributed by atoms with van der Waals surface area (Å²) < 4.78 is 0. The molecule has 0 atom stereocenters. The SMILES string of the molecule is CC=Cc1ccc(C=Cc2ccc(C=Cc3ccc(C)cc3)cc2)cc1.